The molecule has 0 aliphatic heterocycles. The predicted molar refractivity (Wildman–Crippen MR) is 122 cm³/mol. The van der Waals surface area contributed by atoms with E-state index in [-0.39, 0.29) is 33.9 Å². The monoisotopic (exact) mass is 454 g/mol. The summed E-state index contributed by atoms with van der Waals surface area (Å²) in [5.41, 5.74) is 0.457. The zero-order valence-corrected chi connectivity index (χ0v) is 19.4. The lowest BCUT2D eigenvalue weighted by Crippen LogP contribution is -2.18. The van der Waals surface area contributed by atoms with E-state index < -0.39 is 23.3 Å². The normalized spacial score (nSPS) is 11.0. The number of esters is 2. The number of fused-ring (bicyclic) bond motifs is 1. The Labute approximate surface area is 191 Å². The van der Waals surface area contributed by atoms with Crippen LogP contribution in [0.15, 0.2) is 45.8 Å². The van der Waals surface area contributed by atoms with Crippen LogP contribution in [-0.4, -0.2) is 26.2 Å². The zero-order chi connectivity index (χ0) is 24.3. The highest BCUT2D eigenvalue weighted by Crippen LogP contribution is 2.35. The first-order chi connectivity index (χ1) is 15.7. The highest BCUT2D eigenvalue weighted by Gasteiger charge is 2.21. The number of ether oxygens (including phenoxy) is 4. The summed E-state index contributed by atoms with van der Waals surface area (Å²) >= 11 is 0. The van der Waals surface area contributed by atoms with Gasteiger partial charge in [0, 0.05) is 12.1 Å². The molecular weight excluding hydrogens is 428 g/mol. The largest absolute Gasteiger partial charge is 0.493 e. The van der Waals surface area contributed by atoms with Gasteiger partial charge >= 0.3 is 11.9 Å². The molecule has 8 nitrogen and oxygen atoms in total. The average molecular weight is 454 g/mol. The molecule has 8 heteroatoms. The van der Waals surface area contributed by atoms with Gasteiger partial charge in [-0.3, -0.25) is 14.4 Å². The third-order valence-electron chi connectivity index (χ3n) is 4.88. The summed E-state index contributed by atoms with van der Waals surface area (Å²) in [4.78, 5) is 37.9. The first-order valence-electron chi connectivity index (χ1n) is 10.4. The summed E-state index contributed by atoms with van der Waals surface area (Å²) in [6, 6.07) is 7.78. The van der Waals surface area contributed by atoms with Crippen molar-refractivity contribution in [1.29, 1.82) is 0 Å². The molecule has 1 heterocycles. The Morgan fingerprint density at radius 3 is 2.06 bits per heavy atom. The van der Waals surface area contributed by atoms with Crippen LogP contribution in [0.1, 0.15) is 27.7 Å². The van der Waals surface area contributed by atoms with Gasteiger partial charge in [0.15, 0.2) is 11.5 Å². The molecule has 33 heavy (non-hydrogen) atoms. The van der Waals surface area contributed by atoms with Gasteiger partial charge < -0.3 is 23.4 Å². The molecule has 0 bridgehead atoms. The lowest BCUT2D eigenvalue weighted by atomic mass is 10.0. The number of hydrogen-bond acceptors (Lipinski definition) is 8. The van der Waals surface area contributed by atoms with Gasteiger partial charge in [-0.1, -0.05) is 33.8 Å². The molecule has 0 radical (unpaired) electrons. The van der Waals surface area contributed by atoms with Crippen molar-refractivity contribution in [2.24, 2.45) is 11.8 Å². The van der Waals surface area contributed by atoms with Crippen LogP contribution in [0.25, 0.3) is 22.1 Å². The summed E-state index contributed by atoms with van der Waals surface area (Å²) in [6.07, 6.45) is 1.30. The second-order valence-electron chi connectivity index (χ2n) is 7.99. The van der Waals surface area contributed by atoms with Crippen LogP contribution >= 0.6 is 0 Å². The minimum absolute atomic E-state index is 0.0474. The van der Waals surface area contributed by atoms with E-state index in [0.717, 1.165) is 0 Å². The Hall–Kier alpha value is -3.81. The van der Waals surface area contributed by atoms with Crippen molar-refractivity contribution in [2.75, 3.05) is 14.2 Å². The lowest BCUT2D eigenvalue weighted by molar-refractivity contribution is -0.138. The zero-order valence-electron chi connectivity index (χ0n) is 19.4. The van der Waals surface area contributed by atoms with Crippen LogP contribution in [0.4, 0.5) is 0 Å². The molecule has 0 saturated heterocycles. The molecule has 1 aromatic heterocycles. The number of carbonyl (C=O) groups is 2. The lowest BCUT2D eigenvalue weighted by Gasteiger charge is -2.13. The molecule has 0 amide bonds. The fraction of sp³-hybridized carbons (Fsp3) is 0.320. The third-order valence-corrected chi connectivity index (χ3v) is 4.88. The van der Waals surface area contributed by atoms with E-state index in [0.29, 0.717) is 17.1 Å². The number of hydrogen-bond donors (Lipinski definition) is 0. The Morgan fingerprint density at radius 2 is 1.45 bits per heavy atom. The van der Waals surface area contributed by atoms with E-state index >= 15 is 0 Å². The van der Waals surface area contributed by atoms with E-state index in [9.17, 15) is 14.4 Å². The summed E-state index contributed by atoms with van der Waals surface area (Å²) < 4.78 is 27.1. The van der Waals surface area contributed by atoms with Crippen molar-refractivity contribution in [3.05, 3.63) is 46.8 Å². The summed E-state index contributed by atoms with van der Waals surface area (Å²) in [7, 11) is 3.01. The average Bonchev–Trinajstić information content (AvgIpc) is 2.78. The maximum Gasteiger partial charge on any atom is 0.313 e. The molecule has 3 rings (SSSR count). The van der Waals surface area contributed by atoms with Gasteiger partial charge in [-0.05, 0) is 17.7 Å². The molecule has 0 saturated carbocycles. The van der Waals surface area contributed by atoms with Gasteiger partial charge in [-0.25, -0.2) is 0 Å². The molecule has 0 unspecified atom stereocenters. The molecule has 2 aromatic carbocycles. The van der Waals surface area contributed by atoms with Gasteiger partial charge in [0.25, 0.3) is 0 Å². The molecule has 0 spiro atoms. The number of rotatable bonds is 7. The minimum Gasteiger partial charge on any atom is -0.493 e. The topological polar surface area (TPSA) is 101 Å². The third kappa shape index (κ3) is 5.00. The number of carbonyl (C=O) groups excluding carboxylic acids is 2. The van der Waals surface area contributed by atoms with E-state index in [4.69, 9.17) is 23.4 Å². The first kappa shape index (κ1) is 23.8. The van der Waals surface area contributed by atoms with Crippen LogP contribution in [0.2, 0.25) is 0 Å². The molecule has 174 valence electrons. The van der Waals surface area contributed by atoms with Crippen molar-refractivity contribution < 1.29 is 33.0 Å². The quantitative estimate of drug-likeness (QED) is 0.377. The predicted octanol–water partition coefficient (Wildman–Crippen LogP) is 4.60. The smallest absolute Gasteiger partial charge is 0.313 e. The summed E-state index contributed by atoms with van der Waals surface area (Å²) in [5.74, 6) is -0.820. The second-order valence-corrected chi connectivity index (χ2v) is 7.99. The van der Waals surface area contributed by atoms with Crippen LogP contribution in [0.5, 0.6) is 23.0 Å². The van der Waals surface area contributed by atoms with Crippen LogP contribution < -0.4 is 24.4 Å². The van der Waals surface area contributed by atoms with Gasteiger partial charge in [0.1, 0.15) is 28.7 Å². The minimum atomic E-state index is -0.542. The van der Waals surface area contributed by atoms with Crippen LogP contribution in [0.3, 0.4) is 0 Å². The highest BCUT2D eigenvalue weighted by molar-refractivity contribution is 5.91. The maximum atomic E-state index is 13.5. The Kier molecular flexibility index (Phi) is 7.06. The molecule has 0 atom stereocenters. The van der Waals surface area contributed by atoms with E-state index in [1.807, 2.05) is 0 Å². The van der Waals surface area contributed by atoms with E-state index in [1.165, 1.54) is 32.6 Å². The Morgan fingerprint density at radius 1 is 0.818 bits per heavy atom. The van der Waals surface area contributed by atoms with Gasteiger partial charge in [-0.15, -0.1) is 0 Å². The summed E-state index contributed by atoms with van der Waals surface area (Å²) in [5, 5.41) is 0.0561. The van der Waals surface area contributed by atoms with Crippen molar-refractivity contribution in [3.63, 3.8) is 0 Å². The Balaban J connectivity index is 2.21. The fourth-order valence-electron chi connectivity index (χ4n) is 3.00. The molecule has 0 N–H and O–H groups in total. The van der Waals surface area contributed by atoms with Crippen molar-refractivity contribution in [3.8, 4) is 34.1 Å². The SMILES string of the molecule is COc1ccc(-c2coc3cc(OC(=O)C(C)C)cc(OC(=O)C(C)C)c3c2=O)cc1OC. The van der Waals surface area contributed by atoms with Gasteiger partial charge in [-0.2, -0.15) is 0 Å². The van der Waals surface area contributed by atoms with Crippen LogP contribution in [-0.2, 0) is 9.59 Å². The Bertz CT molecular complexity index is 1250. The standard InChI is InChI=1S/C25H26O8/c1-13(2)24(27)32-16-10-20-22(21(11-16)33-25(28)14(3)4)23(26)17(12-31-20)15-7-8-18(29-5)19(9-15)30-6/h7-14H,1-6H3. The fourth-order valence-corrected chi connectivity index (χ4v) is 3.00. The van der Waals surface area contributed by atoms with Crippen LogP contribution in [0, 0.1) is 11.8 Å². The summed E-state index contributed by atoms with van der Waals surface area (Å²) in [6.45, 7) is 6.73. The van der Waals surface area contributed by atoms with Gasteiger partial charge in [0.05, 0.1) is 31.6 Å². The first-order valence-corrected chi connectivity index (χ1v) is 10.4. The molecular formula is C25H26O8. The highest BCUT2D eigenvalue weighted by atomic mass is 16.5. The van der Waals surface area contributed by atoms with Crippen molar-refractivity contribution in [2.45, 2.75) is 27.7 Å². The molecule has 0 aliphatic carbocycles. The van der Waals surface area contributed by atoms with Gasteiger partial charge in [0.2, 0.25) is 5.43 Å². The van der Waals surface area contributed by atoms with Crippen molar-refractivity contribution >= 4 is 22.9 Å². The molecule has 0 fully saturated rings. The number of methoxy groups -OCH3 is 2. The molecule has 0 aliphatic rings. The second kappa shape index (κ2) is 9.77. The molecule has 3 aromatic rings. The maximum absolute atomic E-state index is 13.5. The van der Waals surface area contributed by atoms with E-state index in [1.54, 1.807) is 45.9 Å². The number of benzene rings is 2. The van der Waals surface area contributed by atoms with Crippen molar-refractivity contribution in [1.82, 2.24) is 0 Å². The van der Waals surface area contributed by atoms with E-state index in [2.05, 4.69) is 0 Å².